The standard InChI is InChI=1S/2C9H21Si.2C3H9Si.Ge/c2*1-7(2)10(8(3)4)9(5)6;2*1-4(2)3;/h2*7-9H,1-6H3;2*1-3H3;. The van der Waals surface area contributed by atoms with Gasteiger partial charge in [-0.05, 0) is 0 Å². The van der Waals surface area contributed by atoms with Gasteiger partial charge in [-0.25, -0.2) is 0 Å². The van der Waals surface area contributed by atoms with Crippen LogP contribution in [0.2, 0.25) is 72.5 Å². The molecule has 0 unspecified atom stereocenters. The fourth-order valence-corrected chi connectivity index (χ4v) is 12.0. The molecule has 0 saturated heterocycles. The molecule has 0 aromatic rings. The van der Waals surface area contributed by atoms with Gasteiger partial charge in [0.15, 0.2) is 0 Å². The summed E-state index contributed by atoms with van der Waals surface area (Å²) < 4.78 is 0. The minimum absolute atomic E-state index is 0. The number of rotatable bonds is 6. The van der Waals surface area contributed by atoms with Crippen molar-refractivity contribution in [1.29, 1.82) is 0 Å². The van der Waals surface area contributed by atoms with Crippen LogP contribution in [-0.2, 0) is 0 Å². The largest absolute Gasteiger partial charge is 0.0715 e. The van der Waals surface area contributed by atoms with E-state index in [9.17, 15) is 0 Å². The number of hydrogen-bond acceptors (Lipinski definition) is 0. The summed E-state index contributed by atoms with van der Waals surface area (Å²) in [6.07, 6.45) is 0. The number of hydrogen-bond donors (Lipinski definition) is 0. The average Bonchev–Trinajstić information content (AvgIpc) is 2.33. The first-order valence-electron chi connectivity index (χ1n) is 11.7. The van der Waals surface area contributed by atoms with E-state index in [4.69, 9.17) is 0 Å². The molecule has 0 N–H and O–H groups in total. The predicted molar refractivity (Wildman–Crippen MR) is 155 cm³/mol. The molecule has 0 spiro atoms. The van der Waals surface area contributed by atoms with Crippen molar-refractivity contribution >= 4 is 52.8 Å². The second-order valence-corrected chi connectivity index (χ2v) is 25.9. The van der Waals surface area contributed by atoms with Gasteiger partial charge in [0.25, 0.3) is 0 Å². The molecule has 0 rings (SSSR count). The van der Waals surface area contributed by atoms with Crippen LogP contribution in [0.4, 0.5) is 0 Å². The van der Waals surface area contributed by atoms with Crippen LogP contribution in [0.1, 0.15) is 83.1 Å². The van der Waals surface area contributed by atoms with Crippen molar-refractivity contribution in [3.8, 4) is 0 Å². The van der Waals surface area contributed by atoms with E-state index in [2.05, 4.69) is 122 Å². The third kappa shape index (κ3) is 34.2. The molecule has 0 aliphatic carbocycles. The molecular weight excluding hydrogens is 473 g/mol. The Morgan fingerprint density at radius 1 is 0.310 bits per heavy atom. The van der Waals surface area contributed by atoms with E-state index in [1.54, 1.807) is 0 Å². The summed E-state index contributed by atoms with van der Waals surface area (Å²) >= 11 is 0. The van der Waals surface area contributed by atoms with Gasteiger partial charge in [-0.3, -0.25) is 0 Å². The molecule has 0 aliphatic heterocycles. The van der Waals surface area contributed by atoms with Gasteiger partial charge in [0.2, 0.25) is 0 Å². The first-order chi connectivity index (χ1) is 12.4. The van der Waals surface area contributed by atoms with E-state index in [-0.39, 0.29) is 52.8 Å². The van der Waals surface area contributed by atoms with Gasteiger partial charge in [-0.1, -0.05) is 156 Å². The van der Waals surface area contributed by atoms with Crippen molar-refractivity contribution in [3.05, 3.63) is 0 Å². The molecule has 29 heavy (non-hydrogen) atoms. The quantitative estimate of drug-likeness (QED) is 0.298. The van der Waals surface area contributed by atoms with Crippen molar-refractivity contribution in [2.24, 2.45) is 0 Å². The van der Waals surface area contributed by atoms with Gasteiger partial charge in [0.1, 0.15) is 0 Å². The molecule has 0 nitrogen and oxygen atoms in total. The molecule has 0 bridgehead atoms. The first kappa shape index (κ1) is 40.7. The van der Waals surface area contributed by atoms with E-state index >= 15 is 0 Å². The van der Waals surface area contributed by atoms with Crippen LogP contribution in [0, 0.1) is 0 Å². The molecule has 0 atom stereocenters. The van der Waals surface area contributed by atoms with Gasteiger partial charge in [-0.15, -0.1) is 0 Å². The molecule has 8 radical (unpaired) electrons. The van der Waals surface area contributed by atoms with E-state index in [0.29, 0.717) is 0 Å². The van der Waals surface area contributed by atoms with E-state index < -0.39 is 0 Å². The van der Waals surface area contributed by atoms with Gasteiger partial charge in [0.05, 0.1) is 17.6 Å². The van der Waals surface area contributed by atoms with E-state index in [1.807, 2.05) is 0 Å². The van der Waals surface area contributed by atoms with Gasteiger partial charge in [0, 0.05) is 35.2 Å². The molecule has 0 heterocycles. The third-order valence-electron chi connectivity index (χ3n) is 4.00. The van der Waals surface area contributed by atoms with Crippen LogP contribution in [-0.4, -0.2) is 52.8 Å². The van der Waals surface area contributed by atoms with Crippen LogP contribution >= 0.6 is 0 Å². The molecule has 5 heteroatoms. The Morgan fingerprint density at radius 2 is 0.379 bits per heavy atom. The van der Waals surface area contributed by atoms with Gasteiger partial charge in [-0.2, -0.15) is 0 Å². The third-order valence-corrected chi connectivity index (χ3v) is 12.0. The van der Waals surface area contributed by atoms with Crippen LogP contribution in [0.3, 0.4) is 0 Å². The minimum Gasteiger partial charge on any atom is -0.0715 e. The SMILES string of the molecule is CC(C)[Si](C(C)C)C(C)C.CC(C)[Si](C(C)C)C(C)C.C[Si](C)C.C[Si](C)C.[Ge]. The zero-order chi connectivity index (χ0) is 23.8. The maximum absolute atomic E-state index is 2.37. The minimum atomic E-state index is -0.0957. The summed E-state index contributed by atoms with van der Waals surface area (Å²) in [6, 6.07) is 0. The van der Waals surface area contributed by atoms with Crippen molar-refractivity contribution in [2.45, 2.75) is 156 Å². The normalized spacial score (nSPS) is 11.2. The molecule has 0 aromatic heterocycles. The zero-order valence-corrected chi connectivity index (χ0v) is 30.1. The maximum Gasteiger partial charge on any atom is 0.0561 e. The summed E-state index contributed by atoms with van der Waals surface area (Å²) in [5, 5.41) is 0. The van der Waals surface area contributed by atoms with Crippen LogP contribution < -0.4 is 0 Å². The fraction of sp³-hybridized carbons (Fsp3) is 1.00. The van der Waals surface area contributed by atoms with Crippen LogP contribution in [0.15, 0.2) is 0 Å². The maximum atomic E-state index is 2.37. The molecule has 176 valence electrons. The smallest absolute Gasteiger partial charge is 0.0561 e. The fourth-order valence-electron chi connectivity index (χ4n) is 4.00. The molecular formula is C24H60GeSi4. The van der Waals surface area contributed by atoms with Crippen molar-refractivity contribution < 1.29 is 0 Å². The molecule has 0 amide bonds. The molecule has 0 saturated carbocycles. The van der Waals surface area contributed by atoms with Crippen LogP contribution in [0.5, 0.6) is 0 Å². The Bertz CT molecular complexity index is 228. The summed E-state index contributed by atoms with van der Waals surface area (Å²) in [7, 11) is 0.0494. The van der Waals surface area contributed by atoms with Gasteiger partial charge < -0.3 is 0 Å². The first-order valence-corrected chi connectivity index (χ1v) is 21.1. The monoisotopic (exact) mass is 534 g/mol. The van der Waals surface area contributed by atoms with Crippen molar-refractivity contribution in [3.63, 3.8) is 0 Å². The predicted octanol–water partition coefficient (Wildman–Crippen LogP) is 9.78. The molecule has 0 fully saturated rings. The van der Waals surface area contributed by atoms with Crippen molar-refractivity contribution in [2.75, 3.05) is 0 Å². The summed E-state index contributed by atoms with van der Waals surface area (Å²) in [4.78, 5) is 0. The van der Waals surface area contributed by atoms with E-state index in [1.165, 1.54) is 0 Å². The summed E-state index contributed by atoms with van der Waals surface area (Å²) in [6.45, 7) is 42.0. The second-order valence-electron chi connectivity index (χ2n) is 10.9. The Labute approximate surface area is 207 Å². The van der Waals surface area contributed by atoms with E-state index in [0.717, 1.165) is 33.2 Å². The van der Waals surface area contributed by atoms with Gasteiger partial charge >= 0.3 is 0 Å². The average molecular weight is 534 g/mol. The Balaban J connectivity index is -0.0000000950. The molecule has 0 aromatic carbocycles. The summed E-state index contributed by atoms with van der Waals surface area (Å²) in [5.41, 5.74) is 5.61. The Kier molecular flexibility index (Phi) is 33.8. The Morgan fingerprint density at radius 3 is 0.379 bits per heavy atom. The topological polar surface area (TPSA) is 0 Å². The van der Waals surface area contributed by atoms with Crippen molar-refractivity contribution in [1.82, 2.24) is 0 Å². The second kappa shape index (κ2) is 24.1. The zero-order valence-electron chi connectivity index (χ0n) is 24.0. The molecule has 0 aliphatic rings. The van der Waals surface area contributed by atoms with Crippen LogP contribution in [0.25, 0.3) is 0 Å². The summed E-state index contributed by atoms with van der Waals surface area (Å²) in [5.74, 6) is 0. The Hall–Kier alpha value is 1.41.